The Morgan fingerprint density at radius 1 is 0.383 bits per heavy atom. The summed E-state index contributed by atoms with van der Waals surface area (Å²) in [5, 5.41) is 0. The quantitative estimate of drug-likeness (QED) is 0.0483. The van der Waals surface area contributed by atoms with E-state index in [0.717, 1.165) is 45.2 Å². The minimum Gasteiger partial charge on any atom is -0.464 e. The van der Waals surface area contributed by atoms with Crippen molar-refractivity contribution in [2.24, 2.45) is 0 Å². The van der Waals surface area contributed by atoms with Crippen LogP contribution < -0.4 is 0 Å². The predicted molar refractivity (Wildman–Crippen MR) is 202 cm³/mol. The van der Waals surface area contributed by atoms with Gasteiger partial charge in [0, 0.05) is 25.9 Å². The van der Waals surface area contributed by atoms with E-state index in [1.807, 2.05) is 0 Å². The number of hydrogen-bond acceptors (Lipinski definition) is 6. The van der Waals surface area contributed by atoms with Crippen LogP contribution in [0.3, 0.4) is 0 Å². The van der Waals surface area contributed by atoms with Gasteiger partial charge in [0.1, 0.15) is 13.2 Å². The molecule has 0 aromatic carbocycles. The van der Waals surface area contributed by atoms with Crippen molar-refractivity contribution in [3.8, 4) is 0 Å². The van der Waals surface area contributed by atoms with Gasteiger partial charge in [-0.25, -0.2) is 0 Å². The highest BCUT2D eigenvalue weighted by Crippen LogP contribution is 2.15. The molecular formula is C41H82N2O4. The number of ether oxygens (including phenoxy) is 2. The van der Waals surface area contributed by atoms with E-state index in [2.05, 4.69) is 37.7 Å². The van der Waals surface area contributed by atoms with E-state index in [4.69, 9.17) is 9.47 Å². The Labute approximate surface area is 293 Å². The van der Waals surface area contributed by atoms with E-state index in [0.29, 0.717) is 39.1 Å². The van der Waals surface area contributed by atoms with Crippen LogP contribution >= 0.6 is 0 Å². The van der Waals surface area contributed by atoms with Crippen LogP contribution in [0.1, 0.15) is 200 Å². The molecule has 0 heterocycles. The molecule has 0 bridgehead atoms. The Morgan fingerprint density at radius 2 is 0.681 bits per heavy atom. The molecule has 0 atom stereocenters. The number of carbonyl (C=O) groups excluding carboxylic acids is 2. The molecule has 0 amide bonds. The van der Waals surface area contributed by atoms with E-state index in [1.54, 1.807) is 0 Å². The maximum Gasteiger partial charge on any atom is 0.305 e. The average molecular weight is 667 g/mol. The summed E-state index contributed by atoms with van der Waals surface area (Å²) in [7, 11) is 4.16. The minimum absolute atomic E-state index is 0.0775. The topological polar surface area (TPSA) is 59.1 Å². The zero-order chi connectivity index (χ0) is 34.5. The number of nitrogens with zero attached hydrogens (tertiary/aromatic N) is 2. The largest absolute Gasteiger partial charge is 0.464 e. The van der Waals surface area contributed by atoms with Crippen LogP contribution in [0, 0.1) is 0 Å². The van der Waals surface area contributed by atoms with Crippen LogP contribution in [0.2, 0.25) is 0 Å². The lowest BCUT2D eigenvalue weighted by Crippen LogP contribution is -2.34. The van der Waals surface area contributed by atoms with Crippen molar-refractivity contribution >= 4 is 11.9 Å². The summed E-state index contributed by atoms with van der Waals surface area (Å²) in [4.78, 5) is 28.9. The Morgan fingerprint density at radius 3 is 0.979 bits per heavy atom. The van der Waals surface area contributed by atoms with Gasteiger partial charge in [0.2, 0.25) is 0 Å². The summed E-state index contributed by atoms with van der Waals surface area (Å²) in [6.07, 6.45) is 36.2. The molecule has 0 aliphatic carbocycles. The van der Waals surface area contributed by atoms with Crippen LogP contribution in [-0.4, -0.2) is 75.2 Å². The van der Waals surface area contributed by atoms with Gasteiger partial charge in [-0.1, -0.05) is 168 Å². The lowest BCUT2D eigenvalue weighted by molar-refractivity contribution is -0.144. The molecule has 0 saturated heterocycles. The van der Waals surface area contributed by atoms with Crippen molar-refractivity contribution in [2.75, 3.05) is 53.5 Å². The molecule has 0 saturated carbocycles. The highest BCUT2D eigenvalue weighted by Gasteiger charge is 2.10. The molecular weight excluding hydrogens is 584 g/mol. The summed E-state index contributed by atoms with van der Waals surface area (Å²) in [5.41, 5.74) is 0. The first-order valence-electron chi connectivity index (χ1n) is 20.7. The summed E-state index contributed by atoms with van der Waals surface area (Å²) >= 11 is 0. The molecule has 6 nitrogen and oxygen atoms in total. The molecule has 0 rings (SSSR count). The second-order valence-electron chi connectivity index (χ2n) is 14.4. The van der Waals surface area contributed by atoms with Gasteiger partial charge >= 0.3 is 11.9 Å². The number of rotatable bonds is 38. The van der Waals surface area contributed by atoms with Gasteiger partial charge in [-0.15, -0.1) is 0 Å². The van der Waals surface area contributed by atoms with Gasteiger partial charge in [-0.05, 0) is 46.4 Å². The van der Waals surface area contributed by atoms with Crippen LogP contribution in [0.5, 0.6) is 0 Å². The lowest BCUT2D eigenvalue weighted by atomic mass is 10.0. The molecule has 280 valence electrons. The fourth-order valence-corrected chi connectivity index (χ4v) is 6.24. The van der Waals surface area contributed by atoms with Crippen LogP contribution in [-0.2, 0) is 19.1 Å². The molecule has 0 unspecified atom stereocenters. The number of hydrogen-bond donors (Lipinski definition) is 0. The third-order valence-electron chi connectivity index (χ3n) is 9.39. The summed E-state index contributed by atoms with van der Waals surface area (Å²) in [5.74, 6) is -0.163. The predicted octanol–water partition coefficient (Wildman–Crippen LogP) is 11.3. The van der Waals surface area contributed by atoms with E-state index < -0.39 is 0 Å². The normalized spacial score (nSPS) is 11.5. The Balaban J connectivity index is 3.74. The monoisotopic (exact) mass is 667 g/mol. The van der Waals surface area contributed by atoms with E-state index >= 15 is 0 Å². The van der Waals surface area contributed by atoms with Gasteiger partial charge in [0.25, 0.3) is 0 Å². The molecule has 47 heavy (non-hydrogen) atoms. The first kappa shape index (κ1) is 45.9. The van der Waals surface area contributed by atoms with Gasteiger partial charge in [-0.2, -0.15) is 0 Å². The van der Waals surface area contributed by atoms with Crippen molar-refractivity contribution in [3.63, 3.8) is 0 Å². The summed E-state index contributed by atoms with van der Waals surface area (Å²) < 4.78 is 11.1. The third kappa shape index (κ3) is 37.5. The maximum atomic E-state index is 12.3. The van der Waals surface area contributed by atoms with Crippen molar-refractivity contribution in [1.82, 2.24) is 9.80 Å². The van der Waals surface area contributed by atoms with E-state index in [9.17, 15) is 9.59 Å². The fraction of sp³-hybridized carbons (Fsp3) is 0.951. The fourth-order valence-electron chi connectivity index (χ4n) is 6.24. The summed E-state index contributed by atoms with van der Waals surface area (Å²) in [6, 6.07) is 0. The Hall–Kier alpha value is -1.14. The first-order chi connectivity index (χ1) is 23.0. The molecule has 0 fully saturated rings. The van der Waals surface area contributed by atoms with Crippen molar-refractivity contribution in [1.29, 1.82) is 0 Å². The standard InChI is InChI=1S/C41H82N2O4/c1-5-7-9-11-13-14-15-16-17-18-19-20-21-22-23-24-26-28-30-33-41(45)47-39-37-43(35-31-34-42(3)4)36-38-46-40(44)32-29-27-25-12-10-8-6-2/h5-39H2,1-4H3. The highest BCUT2D eigenvalue weighted by molar-refractivity contribution is 5.69. The second-order valence-corrected chi connectivity index (χ2v) is 14.4. The van der Waals surface area contributed by atoms with Crippen LogP contribution in [0.15, 0.2) is 0 Å². The van der Waals surface area contributed by atoms with Crippen molar-refractivity contribution in [3.05, 3.63) is 0 Å². The summed E-state index contributed by atoms with van der Waals surface area (Å²) in [6.45, 7) is 8.63. The number of esters is 2. The third-order valence-corrected chi connectivity index (χ3v) is 9.39. The van der Waals surface area contributed by atoms with Gasteiger partial charge in [0.05, 0.1) is 0 Å². The molecule has 0 aliphatic heterocycles. The lowest BCUT2D eigenvalue weighted by Gasteiger charge is -2.23. The minimum atomic E-state index is -0.0854. The molecule has 0 N–H and O–H groups in total. The van der Waals surface area contributed by atoms with Gasteiger partial charge in [0.15, 0.2) is 0 Å². The molecule has 0 aromatic rings. The molecule has 0 spiro atoms. The van der Waals surface area contributed by atoms with Crippen LogP contribution in [0.25, 0.3) is 0 Å². The second kappa shape index (κ2) is 37.7. The Kier molecular flexibility index (Phi) is 36.8. The average Bonchev–Trinajstić information content (AvgIpc) is 3.05. The smallest absolute Gasteiger partial charge is 0.305 e. The SMILES string of the molecule is CCCCCCCCCCCCCCCCCCCCCC(=O)OCCN(CCCN(C)C)CCOC(=O)CCCCCCCCC. The first-order valence-corrected chi connectivity index (χ1v) is 20.7. The maximum absolute atomic E-state index is 12.3. The van der Waals surface area contributed by atoms with Gasteiger partial charge < -0.3 is 14.4 Å². The van der Waals surface area contributed by atoms with E-state index in [-0.39, 0.29) is 11.9 Å². The molecule has 6 heteroatoms. The zero-order valence-corrected chi connectivity index (χ0v) is 32.3. The van der Waals surface area contributed by atoms with E-state index in [1.165, 1.54) is 141 Å². The van der Waals surface area contributed by atoms with Crippen molar-refractivity contribution < 1.29 is 19.1 Å². The Bertz CT molecular complexity index is 657. The number of carbonyl (C=O) groups is 2. The van der Waals surface area contributed by atoms with Crippen LogP contribution in [0.4, 0.5) is 0 Å². The molecule has 0 aliphatic rings. The van der Waals surface area contributed by atoms with Crippen molar-refractivity contribution in [2.45, 2.75) is 200 Å². The van der Waals surface area contributed by atoms with Gasteiger partial charge in [-0.3, -0.25) is 14.5 Å². The highest BCUT2D eigenvalue weighted by atomic mass is 16.5. The molecule has 0 radical (unpaired) electrons. The molecule has 0 aromatic heterocycles. The zero-order valence-electron chi connectivity index (χ0n) is 32.3. The number of unbranched alkanes of at least 4 members (excludes halogenated alkanes) is 24.